The van der Waals surface area contributed by atoms with Gasteiger partial charge in [-0.2, -0.15) is 0 Å². The molecule has 0 bridgehead atoms. The molecule has 1 N–H and O–H groups in total. The fourth-order valence-corrected chi connectivity index (χ4v) is 3.40. The molecule has 1 aromatic carbocycles. The van der Waals surface area contributed by atoms with E-state index >= 15 is 0 Å². The average molecular weight is 323 g/mol. The monoisotopic (exact) mass is 323 g/mol. The summed E-state index contributed by atoms with van der Waals surface area (Å²) in [7, 11) is 1.82. The van der Waals surface area contributed by atoms with Gasteiger partial charge in [-0.15, -0.1) is 10.2 Å². The van der Waals surface area contributed by atoms with Gasteiger partial charge in [0, 0.05) is 23.9 Å². The summed E-state index contributed by atoms with van der Waals surface area (Å²) < 4.78 is 6.50. The third kappa shape index (κ3) is 4.18. The molecule has 2 aromatic rings. The third-order valence-electron chi connectivity index (χ3n) is 2.74. The maximum absolute atomic E-state index is 11.5. The van der Waals surface area contributed by atoms with E-state index in [1.807, 2.05) is 26.1 Å². The second-order valence-electron chi connectivity index (χ2n) is 4.22. The first-order valence-electron chi connectivity index (χ1n) is 6.54. The number of anilines is 1. The zero-order valence-corrected chi connectivity index (χ0v) is 13.8. The molecule has 0 fully saturated rings. The second-order valence-corrected chi connectivity index (χ2v) is 6.42. The average Bonchev–Trinajstić information content (AvgIpc) is 2.94. The molecular formula is C14H17N3O2S2. The van der Waals surface area contributed by atoms with E-state index in [9.17, 15) is 4.79 Å². The highest BCUT2D eigenvalue weighted by atomic mass is 32.2. The number of ketones is 1. The first-order chi connectivity index (χ1) is 10.1. The first kappa shape index (κ1) is 15.8. The van der Waals surface area contributed by atoms with Gasteiger partial charge < -0.3 is 10.1 Å². The summed E-state index contributed by atoms with van der Waals surface area (Å²) in [6.07, 6.45) is 0. The van der Waals surface area contributed by atoms with Gasteiger partial charge in [0.2, 0.25) is 5.13 Å². The van der Waals surface area contributed by atoms with E-state index in [1.165, 1.54) is 11.3 Å². The fraction of sp³-hybridized carbons (Fsp3) is 0.357. The predicted octanol–water partition coefficient (Wildman–Crippen LogP) is 3.47. The van der Waals surface area contributed by atoms with Crippen LogP contribution >= 0.6 is 23.1 Å². The SMILES string of the molecule is CCOc1ccc(C(C)=O)cc1CSc1nnc(NC)s1. The highest BCUT2D eigenvalue weighted by Gasteiger charge is 2.10. The number of Topliss-reactive ketones (excluding diaryl/α,β-unsaturated/α-hetero) is 1. The van der Waals surface area contributed by atoms with E-state index in [2.05, 4.69) is 15.5 Å². The molecule has 0 aliphatic carbocycles. The van der Waals surface area contributed by atoms with Crippen LogP contribution in [-0.4, -0.2) is 29.6 Å². The molecule has 0 saturated carbocycles. The highest BCUT2D eigenvalue weighted by molar-refractivity contribution is 8.00. The summed E-state index contributed by atoms with van der Waals surface area (Å²) in [6, 6.07) is 5.54. The van der Waals surface area contributed by atoms with Gasteiger partial charge >= 0.3 is 0 Å². The van der Waals surface area contributed by atoms with Gasteiger partial charge in [0.1, 0.15) is 5.75 Å². The van der Waals surface area contributed by atoms with Crippen molar-refractivity contribution < 1.29 is 9.53 Å². The van der Waals surface area contributed by atoms with E-state index in [0.717, 1.165) is 20.8 Å². The quantitative estimate of drug-likeness (QED) is 0.622. The predicted molar refractivity (Wildman–Crippen MR) is 86.6 cm³/mol. The molecule has 2 rings (SSSR count). The molecule has 1 aromatic heterocycles. The fourth-order valence-electron chi connectivity index (χ4n) is 1.72. The van der Waals surface area contributed by atoms with Crippen molar-refractivity contribution in [2.45, 2.75) is 23.9 Å². The molecule has 21 heavy (non-hydrogen) atoms. The number of benzene rings is 1. The molecular weight excluding hydrogens is 306 g/mol. The maximum atomic E-state index is 11.5. The van der Waals surface area contributed by atoms with Crippen LogP contribution in [0.2, 0.25) is 0 Å². The Morgan fingerprint density at radius 3 is 2.86 bits per heavy atom. The molecule has 1 heterocycles. The Labute approximate surface area is 132 Å². The van der Waals surface area contributed by atoms with Crippen LogP contribution in [0.15, 0.2) is 22.5 Å². The molecule has 0 spiro atoms. The Balaban J connectivity index is 2.15. The number of aromatic nitrogens is 2. The molecule has 0 amide bonds. The maximum Gasteiger partial charge on any atom is 0.206 e. The molecule has 0 aliphatic heterocycles. The van der Waals surface area contributed by atoms with Crippen LogP contribution in [-0.2, 0) is 5.75 Å². The number of ether oxygens (including phenoxy) is 1. The lowest BCUT2D eigenvalue weighted by Crippen LogP contribution is -1.99. The number of nitrogens with zero attached hydrogens (tertiary/aromatic N) is 2. The van der Waals surface area contributed by atoms with Crippen LogP contribution in [0.25, 0.3) is 0 Å². The normalized spacial score (nSPS) is 10.4. The molecule has 0 atom stereocenters. The minimum atomic E-state index is 0.0534. The van der Waals surface area contributed by atoms with E-state index in [-0.39, 0.29) is 5.78 Å². The summed E-state index contributed by atoms with van der Waals surface area (Å²) in [6.45, 7) is 4.11. The molecule has 0 aliphatic rings. The van der Waals surface area contributed by atoms with Crippen LogP contribution in [0.5, 0.6) is 5.75 Å². The van der Waals surface area contributed by atoms with Crippen molar-refractivity contribution in [3.63, 3.8) is 0 Å². The van der Waals surface area contributed by atoms with Crippen LogP contribution < -0.4 is 10.1 Å². The van der Waals surface area contributed by atoms with Gasteiger partial charge in [-0.3, -0.25) is 4.79 Å². The van der Waals surface area contributed by atoms with Crippen molar-refractivity contribution in [1.82, 2.24) is 10.2 Å². The summed E-state index contributed by atoms with van der Waals surface area (Å²) >= 11 is 3.09. The van der Waals surface area contributed by atoms with Gasteiger partial charge in [-0.25, -0.2) is 0 Å². The van der Waals surface area contributed by atoms with Gasteiger partial charge in [0.15, 0.2) is 10.1 Å². The van der Waals surface area contributed by atoms with Crippen molar-refractivity contribution in [3.8, 4) is 5.75 Å². The Morgan fingerprint density at radius 1 is 1.43 bits per heavy atom. The lowest BCUT2D eigenvalue weighted by Gasteiger charge is -2.10. The molecule has 0 unspecified atom stereocenters. The van der Waals surface area contributed by atoms with Crippen molar-refractivity contribution in [2.75, 3.05) is 19.0 Å². The zero-order valence-electron chi connectivity index (χ0n) is 12.2. The number of hydrogen-bond acceptors (Lipinski definition) is 7. The van der Waals surface area contributed by atoms with Crippen molar-refractivity contribution >= 4 is 34.0 Å². The van der Waals surface area contributed by atoms with Gasteiger partial charge in [-0.1, -0.05) is 23.1 Å². The Bertz CT molecular complexity index is 628. The van der Waals surface area contributed by atoms with Crippen LogP contribution in [0, 0.1) is 0 Å². The minimum Gasteiger partial charge on any atom is -0.494 e. The van der Waals surface area contributed by atoms with Crippen molar-refractivity contribution in [1.29, 1.82) is 0 Å². The number of rotatable bonds is 7. The summed E-state index contributed by atoms with van der Waals surface area (Å²) in [5.41, 5.74) is 1.69. The van der Waals surface area contributed by atoms with Crippen molar-refractivity contribution in [2.24, 2.45) is 0 Å². The standard InChI is InChI=1S/C14H17N3O2S2/c1-4-19-12-6-5-10(9(2)18)7-11(12)8-20-14-17-16-13(15-3)21-14/h5-7H,4,8H2,1-3H3,(H,15,16). The van der Waals surface area contributed by atoms with Gasteiger partial charge in [-0.05, 0) is 32.0 Å². The second kappa shape index (κ2) is 7.42. The summed E-state index contributed by atoms with van der Waals surface area (Å²) in [5, 5.41) is 11.9. The number of carbonyl (C=O) groups excluding carboxylic acids is 1. The van der Waals surface area contributed by atoms with Gasteiger partial charge in [0.25, 0.3) is 0 Å². The third-order valence-corrected chi connectivity index (χ3v) is 4.86. The smallest absolute Gasteiger partial charge is 0.206 e. The Hall–Kier alpha value is -1.60. The van der Waals surface area contributed by atoms with E-state index in [4.69, 9.17) is 4.74 Å². The molecule has 7 heteroatoms. The van der Waals surface area contributed by atoms with Gasteiger partial charge in [0.05, 0.1) is 6.61 Å². The summed E-state index contributed by atoms with van der Waals surface area (Å²) in [4.78, 5) is 11.5. The minimum absolute atomic E-state index is 0.0534. The lowest BCUT2D eigenvalue weighted by molar-refractivity contribution is 0.101. The number of nitrogens with one attached hydrogen (secondary N) is 1. The number of hydrogen-bond donors (Lipinski definition) is 1. The molecule has 5 nitrogen and oxygen atoms in total. The van der Waals surface area contributed by atoms with E-state index < -0.39 is 0 Å². The molecule has 112 valence electrons. The topological polar surface area (TPSA) is 64.1 Å². The largest absolute Gasteiger partial charge is 0.494 e. The summed E-state index contributed by atoms with van der Waals surface area (Å²) in [5.74, 6) is 1.56. The van der Waals surface area contributed by atoms with Crippen LogP contribution in [0.3, 0.4) is 0 Å². The van der Waals surface area contributed by atoms with E-state index in [1.54, 1.807) is 24.8 Å². The van der Waals surface area contributed by atoms with E-state index in [0.29, 0.717) is 17.9 Å². The lowest BCUT2D eigenvalue weighted by atomic mass is 10.1. The number of carbonyl (C=O) groups is 1. The highest BCUT2D eigenvalue weighted by Crippen LogP contribution is 2.31. The molecule has 0 radical (unpaired) electrons. The van der Waals surface area contributed by atoms with Crippen molar-refractivity contribution in [3.05, 3.63) is 29.3 Å². The first-order valence-corrected chi connectivity index (χ1v) is 8.35. The van der Waals surface area contributed by atoms with Crippen LogP contribution in [0.1, 0.15) is 29.8 Å². The Morgan fingerprint density at radius 2 is 2.24 bits per heavy atom. The zero-order chi connectivity index (χ0) is 15.2. The Kier molecular flexibility index (Phi) is 5.58. The number of thioether (sulfide) groups is 1. The molecule has 0 saturated heterocycles. The van der Waals surface area contributed by atoms with Crippen LogP contribution in [0.4, 0.5) is 5.13 Å².